The lowest BCUT2D eigenvalue weighted by Crippen LogP contribution is -2.16. The van der Waals surface area contributed by atoms with E-state index >= 15 is 0 Å². The Labute approximate surface area is 93.1 Å². The van der Waals surface area contributed by atoms with Crippen LogP contribution in [-0.4, -0.2) is 20.6 Å². The Kier molecular flexibility index (Phi) is 2.59. The van der Waals surface area contributed by atoms with Gasteiger partial charge < -0.3 is 8.92 Å². The molecule has 0 unspecified atom stereocenters. The van der Waals surface area contributed by atoms with E-state index in [1.54, 1.807) is 12.1 Å². The van der Waals surface area contributed by atoms with Crippen LogP contribution in [0.3, 0.4) is 0 Å². The molecule has 2 rings (SSSR count). The Morgan fingerprint density at radius 2 is 2.06 bits per heavy atom. The fraction of sp³-hybridized carbons (Fsp3) is 0.300. The molecule has 1 aliphatic heterocycles. The van der Waals surface area contributed by atoms with Crippen LogP contribution in [0.15, 0.2) is 18.2 Å². The van der Waals surface area contributed by atoms with E-state index < -0.39 is 10.1 Å². The number of esters is 1. The van der Waals surface area contributed by atoms with E-state index in [2.05, 4.69) is 4.18 Å². The van der Waals surface area contributed by atoms with Gasteiger partial charge in [-0.15, -0.1) is 0 Å². The molecule has 1 aliphatic rings. The number of ether oxygens (including phenoxy) is 1. The second-order valence-electron chi connectivity index (χ2n) is 3.53. The van der Waals surface area contributed by atoms with E-state index in [1.165, 1.54) is 6.07 Å². The third-order valence-electron chi connectivity index (χ3n) is 2.11. The van der Waals surface area contributed by atoms with Gasteiger partial charge in [0.1, 0.15) is 11.5 Å². The summed E-state index contributed by atoms with van der Waals surface area (Å²) in [6, 6.07) is 4.65. The van der Waals surface area contributed by atoms with Crippen molar-refractivity contribution in [1.82, 2.24) is 0 Å². The molecule has 0 atom stereocenters. The van der Waals surface area contributed by atoms with Crippen LogP contribution in [0.5, 0.6) is 11.5 Å². The molecule has 1 aromatic rings. The third kappa shape index (κ3) is 2.52. The lowest BCUT2D eigenvalue weighted by Gasteiger charge is -2.15. The van der Waals surface area contributed by atoms with Gasteiger partial charge in [0, 0.05) is 6.07 Å². The van der Waals surface area contributed by atoms with E-state index in [0.29, 0.717) is 18.6 Å². The fourth-order valence-corrected chi connectivity index (χ4v) is 1.93. The highest BCUT2D eigenvalue weighted by atomic mass is 32.2. The van der Waals surface area contributed by atoms with Gasteiger partial charge in [0.05, 0.1) is 12.7 Å². The van der Waals surface area contributed by atoms with E-state index in [1.807, 2.05) is 0 Å². The Balaban J connectivity index is 2.31. The summed E-state index contributed by atoms with van der Waals surface area (Å²) in [5.74, 6) is 0.206. The molecular formula is C10H10O5S. The molecule has 0 bridgehead atoms. The molecule has 86 valence electrons. The zero-order valence-corrected chi connectivity index (χ0v) is 9.41. The lowest BCUT2D eigenvalue weighted by atomic mass is 10.1. The number of fused-ring (bicyclic) bond motifs is 1. The Morgan fingerprint density at radius 3 is 2.75 bits per heavy atom. The molecule has 16 heavy (non-hydrogen) atoms. The Bertz CT molecular complexity index is 532. The van der Waals surface area contributed by atoms with Crippen molar-refractivity contribution in [2.24, 2.45) is 0 Å². The van der Waals surface area contributed by atoms with Gasteiger partial charge in [0.25, 0.3) is 0 Å². The van der Waals surface area contributed by atoms with Crippen molar-refractivity contribution < 1.29 is 22.1 Å². The van der Waals surface area contributed by atoms with Gasteiger partial charge in [0.2, 0.25) is 0 Å². The zero-order valence-electron chi connectivity index (χ0n) is 8.60. The van der Waals surface area contributed by atoms with Crippen molar-refractivity contribution in [3.8, 4) is 11.5 Å². The SMILES string of the molecule is CS(=O)(=O)Oc1ccc2c(c1)OC(=O)CC2. The molecule has 0 radical (unpaired) electrons. The average Bonchev–Trinajstić information content (AvgIpc) is 2.14. The first-order chi connectivity index (χ1) is 7.44. The number of hydrogen-bond acceptors (Lipinski definition) is 5. The van der Waals surface area contributed by atoms with Crippen molar-refractivity contribution in [1.29, 1.82) is 0 Å². The molecular weight excluding hydrogens is 232 g/mol. The van der Waals surface area contributed by atoms with Crippen molar-refractivity contribution in [3.63, 3.8) is 0 Å². The fourth-order valence-electron chi connectivity index (χ4n) is 1.47. The summed E-state index contributed by atoms with van der Waals surface area (Å²) in [7, 11) is -3.56. The van der Waals surface area contributed by atoms with Gasteiger partial charge >= 0.3 is 16.1 Å². The van der Waals surface area contributed by atoms with E-state index in [4.69, 9.17) is 4.74 Å². The highest BCUT2D eigenvalue weighted by Crippen LogP contribution is 2.29. The number of carbonyl (C=O) groups is 1. The molecule has 1 aromatic carbocycles. The first-order valence-electron chi connectivity index (χ1n) is 4.67. The largest absolute Gasteiger partial charge is 0.426 e. The van der Waals surface area contributed by atoms with Crippen LogP contribution >= 0.6 is 0 Å². The van der Waals surface area contributed by atoms with E-state index in [0.717, 1.165) is 11.8 Å². The van der Waals surface area contributed by atoms with E-state index in [-0.39, 0.29) is 11.7 Å². The molecule has 0 amide bonds. The van der Waals surface area contributed by atoms with Crippen LogP contribution in [0, 0.1) is 0 Å². The summed E-state index contributed by atoms with van der Waals surface area (Å²) in [4.78, 5) is 11.0. The van der Waals surface area contributed by atoms with Gasteiger partial charge in [-0.25, -0.2) is 0 Å². The minimum Gasteiger partial charge on any atom is -0.426 e. The van der Waals surface area contributed by atoms with Crippen molar-refractivity contribution in [2.45, 2.75) is 12.8 Å². The molecule has 0 aliphatic carbocycles. The number of benzene rings is 1. The molecule has 0 saturated heterocycles. The molecule has 0 saturated carbocycles. The molecule has 1 heterocycles. The zero-order chi connectivity index (χ0) is 11.8. The summed E-state index contributed by atoms with van der Waals surface area (Å²) in [6.07, 6.45) is 1.91. The maximum atomic E-state index is 11.0. The second-order valence-corrected chi connectivity index (χ2v) is 5.11. The van der Waals surface area contributed by atoms with Crippen LogP contribution < -0.4 is 8.92 Å². The number of rotatable bonds is 2. The van der Waals surface area contributed by atoms with Crippen molar-refractivity contribution in [3.05, 3.63) is 23.8 Å². The Hall–Kier alpha value is -1.56. The first kappa shape index (κ1) is 10.9. The third-order valence-corrected chi connectivity index (χ3v) is 2.60. The van der Waals surface area contributed by atoms with Gasteiger partial charge in [-0.05, 0) is 18.1 Å². The van der Waals surface area contributed by atoms with Crippen molar-refractivity contribution >= 4 is 16.1 Å². The second kappa shape index (κ2) is 3.79. The molecule has 5 nitrogen and oxygen atoms in total. The highest BCUT2D eigenvalue weighted by molar-refractivity contribution is 7.86. The molecule has 0 fully saturated rings. The minimum atomic E-state index is -3.56. The van der Waals surface area contributed by atoms with Crippen LogP contribution in [0.1, 0.15) is 12.0 Å². The number of carbonyl (C=O) groups excluding carboxylic acids is 1. The summed E-state index contributed by atoms with van der Waals surface area (Å²) in [5, 5.41) is 0. The van der Waals surface area contributed by atoms with Gasteiger partial charge in [-0.1, -0.05) is 6.07 Å². The Morgan fingerprint density at radius 1 is 1.31 bits per heavy atom. The molecule has 0 N–H and O–H groups in total. The van der Waals surface area contributed by atoms with Crippen molar-refractivity contribution in [2.75, 3.05) is 6.26 Å². The number of hydrogen-bond donors (Lipinski definition) is 0. The monoisotopic (exact) mass is 242 g/mol. The number of aryl methyl sites for hydroxylation is 1. The van der Waals surface area contributed by atoms with Crippen LogP contribution in [-0.2, 0) is 21.3 Å². The molecule has 0 aromatic heterocycles. The normalized spacial score (nSPS) is 15.2. The molecule has 6 heteroatoms. The summed E-state index contributed by atoms with van der Waals surface area (Å²) < 4.78 is 31.5. The smallest absolute Gasteiger partial charge is 0.311 e. The minimum absolute atomic E-state index is 0.149. The predicted octanol–water partition coefficient (Wildman–Crippen LogP) is 0.877. The quantitative estimate of drug-likeness (QED) is 0.437. The topological polar surface area (TPSA) is 69.7 Å². The van der Waals surface area contributed by atoms with Gasteiger partial charge in [-0.2, -0.15) is 8.42 Å². The summed E-state index contributed by atoms with van der Waals surface area (Å²) in [6.45, 7) is 0. The summed E-state index contributed by atoms with van der Waals surface area (Å²) in [5.41, 5.74) is 0.875. The van der Waals surface area contributed by atoms with Crippen LogP contribution in [0.2, 0.25) is 0 Å². The predicted molar refractivity (Wildman–Crippen MR) is 55.9 cm³/mol. The van der Waals surface area contributed by atoms with Gasteiger partial charge in [0.15, 0.2) is 0 Å². The standard InChI is InChI=1S/C10H10O5S/c1-16(12,13)15-8-4-2-7-3-5-10(11)14-9(7)6-8/h2,4,6H,3,5H2,1H3. The van der Waals surface area contributed by atoms with Crippen LogP contribution in [0.25, 0.3) is 0 Å². The van der Waals surface area contributed by atoms with Gasteiger partial charge in [-0.3, -0.25) is 4.79 Å². The van der Waals surface area contributed by atoms with Crippen LogP contribution in [0.4, 0.5) is 0 Å². The average molecular weight is 242 g/mol. The summed E-state index contributed by atoms with van der Waals surface area (Å²) >= 11 is 0. The first-order valence-corrected chi connectivity index (χ1v) is 6.49. The highest BCUT2D eigenvalue weighted by Gasteiger charge is 2.18. The maximum Gasteiger partial charge on any atom is 0.311 e. The molecule has 0 spiro atoms. The lowest BCUT2D eigenvalue weighted by molar-refractivity contribution is -0.135. The van der Waals surface area contributed by atoms with E-state index in [9.17, 15) is 13.2 Å². The maximum absolute atomic E-state index is 11.0.